The van der Waals surface area contributed by atoms with Crippen LogP contribution in [-0.4, -0.2) is 56.3 Å². The van der Waals surface area contributed by atoms with Gasteiger partial charge in [0.2, 0.25) is 10.0 Å². The summed E-state index contributed by atoms with van der Waals surface area (Å²) in [6, 6.07) is 5.21. The summed E-state index contributed by atoms with van der Waals surface area (Å²) in [4.78, 5) is 0.315. The minimum Gasteiger partial charge on any atom is -0.394 e. The summed E-state index contributed by atoms with van der Waals surface area (Å²) in [7, 11) is -3.55. The maximum atomic E-state index is 12.8. The standard InChI is InChI=1S/C14H20N2O4S/c1-10-7-16(8-12(9-17)20-10)21(18,19)13-2-3-14-11(6-13)4-5-15-14/h2-3,6,10,12,15,17H,4-5,7-9H2,1H3. The Morgan fingerprint density at radius 2 is 2.24 bits per heavy atom. The first-order valence-corrected chi connectivity index (χ1v) is 8.58. The number of hydrogen-bond donors (Lipinski definition) is 2. The lowest BCUT2D eigenvalue weighted by Gasteiger charge is -2.35. The van der Waals surface area contributed by atoms with E-state index in [1.54, 1.807) is 12.1 Å². The molecule has 2 aliphatic rings. The molecule has 2 aliphatic heterocycles. The second-order valence-electron chi connectivity index (χ2n) is 5.57. The molecule has 3 rings (SSSR count). The molecule has 1 fully saturated rings. The molecule has 2 heterocycles. The quantitative estimate of drug-likeness (QED) is 0.846. The third-order valence-corrected chi connectivity index (χ3v) is 5.75. The summed E-state index contributed by atoms with van der Waals surface area (Å²) in [5.74, 6) is 0. The molecular weight excluding hydrogens is 292 g/mol. The Balaban J connectivity index is 1.89. The fourth-order valence-electron chi connectivity index (χ4n) is 2.89. The summed E-state index contributed by atoms with van der Waals surface area (Å²) >= 11 is 0. The lowest BCUT2D eigenvalue weighted by Crippen LogP contribution is -2.50. The zero-order valence-corrected chi connectivity index (χ0v) is 12.8. The van der Waals surface area contributed by atoms with Crippen molar-refractivity contribution in [2.75, 3.05) is 31.6 Å². The van der Waals surface area contributed by atoms with Gasteiger partial charge in [0.15, 0.2) is 0 Å². The van der Waals surface area contributed by atoms with Crippen LogP contribution in [0.25, 0.3) is 0 Å². The molecule has 116 valence electrons. The number of ether oxygens (including phenoxy) is 1. The van der Waals surface area contributed by atoms with E-state index in [0.29, 0.717) is 11.4 Å². The van der Waals surface area contributed by atoms with Gasteiger partial charge in [-0.25, -0.2) is 8.42 Å². The summed E-state index contributed by atoms with van der Waals surface area (Å²) in [6.07, 6.45) is 0.165. The number of nitrogens with one attached hydrogen (secondary N) is 1. The summed E-state index contributed by atoms with van der Waals surface area (Å²) in [5, 5.41) is 12.5. The van der Waals surface area contributed by atoms with Gasteiger partial charge in [0.05, 0.1) is 23.7 Å². The molecule has 2 unspecified atom stereocenters. The number of nitrogens with zero attached hydrogens (tertiary/aromatic N) is 1. The number of morpholine rings is 1. The van der Waals surface area contributed by atoms with Gasteiger partial charge in [0.1, 0.15) is 0 Å². The van der Waals surface area contributed by atoms with E-state index < -0.39 is 16.1 Å². The molecule has 0 aliphatic carbocycles. The molecular formula is C14H20N2O4S. The monoisotopic (exact) mass is 312 g/mol. The van der Waals surface area contributed by atoms with E-state index in [1.165, 1.54) is 4.31 Å². The van der Waals surface area contributed by atoms with Gasteiger partial charge < -0.3 is 15.2 Å². The molecule has 0 spiro atoms. The number of benzene rings is 1. The fraction of sp³-hybridized carbons (Fsp3) is 0.571. The molecule has 0 radical (unpaired) electrons. The van der Waals surface area contributed by atoms with Crippen LogP contribution < -0.4 is 5.32 Å². The Bertz CT molecular complexity index is 632. The van der Waals surface area contributed by atoms with Crippen LogP contribution in [0.3, 0.4) is 0 Å². The van der Waals surface area contributed by atoms with Crippen LogP contribution in [0.2, 0.25) is 0 Å². The molecule has 6 nitrogen and oxygen atoms in total. The molecule has 0 aromatic heterocycles. The molecule has 0 saturated carbocycles. The van der Waals surface area contributed by atoms with Crippen LogP contribution in [0.5, 0.6) is 0 Å². The van der Waals surface area contributed by atoms with E-state index in [0.717, 1.165) is 24.2 Å². The van der Waals surface area contributed by atoms with Crippen molar-refractivity contribution in [1.82, 2.24) is 4.31 Å². The summed E-state index contributed by atoms with van der Waals surface area (Å²) < 4.78 is 32.4. The van der Waals surface area contributed by atoms with Crippen molar-refractivity contribution >= 4 is 15.7 Å². The first kappa shape index (κ1) is 14.8. The van der Waals surface area contributed by atoms with Gasteiger partial charge in [-0.05, 0) is 37.1 Å². The molecule has 7 heteroatoms. The number of sulfonamides is 1. The Kier molecular flexibility index (Phi) is 3.92. The number of rotatable bonds is 3. The van der Waals surface area contributed by atoms with E-state index in [1.807, 2.05) is 13.0 Å². The number of aliphatic hydroxyl groups is 1. The highest BCUT2D eigenvalue weighted by atomic mass is 32.2. The highest BCUT2D eigenvalue weighted by Gasteiger charge is 2.34. The Morgan fingerprint density at radius 1 is 1.43 bits per heavy atom. The van der Waals surface area contributed by atoms with Gasteiger partial charge in [-0.2, -0.15) is 4.31 Å². The predicted octanol–water partition coefficient (Wildman–Crippen LogP) is 0.425. The Morgan fingerprint density at radius 3 is 3.00 bits per heavy atom. The smallest absolute Gasteiger partial charge is 0.243 e. The minimum absolute atomic E-state index is 0.176. The third-order valence-electron chi connectivity index (χ3n) is 3.92. The highest BCUT2D eigenvalue weighted by Crippen LogP contribution is 2.28. The van der Waals surface area contributed by atoms with Crippen LogP contribution in [0.4, 0.5) is 5.69 Å². The van der Waals surface area contributed by atoms with Gasteiger partial charge in [-0.1, -0.05) is 0 Å². The van der Waals surface area contributed by atoms with Crippen LogP contribution in [0.15, 0.2) is 23.1 Å². The molecule has 1 saturated heterocycles. The van der Waals surface area contributed by atoms with Crippen molar-refractivity contribution in [3.63, 3.8) is 0 Å². The Labute approximate surface area is 124 Å². The molecule has 1 aromatic rings. The maximum absolute atomic E-state index is 12.8. The maximum Gasteiger partial charge on any atom is 0.243 e. The second kappa shape index (κ2) is 5.57. The van der Waals surface area contributed by atoms with E-state index >= 15 is 0 Å². The van der Waals surface area contributed by atoms with Gasteiger partial charge in [-0.15, -0.1) is 0 Å². The van der Waals surface area contributed by atoms with E-state index in [-0.39, 0.29) is 19.3 Å². The zero-order chi connectivity index (χ0) is 15.0. The summed E-state index contributed by atoms with van der Waals surface area (Å²) in [6.45, 7) is 2.99. The molecule has 0 bridgehead atoms. The number of anilines is 1. The minimum atomic E-state index is -3.55. The van der Waals surface area contributed by atoms with Crippen LogP contribution in [0.1, 0.15) is 12.5 Å². The third kappa shape index (κ3) is 2.78. The van der Waals surface area contributed by atoms with Crippen LogP contribution in [0, 0.1) is 0 Å². The highest BCUT2D eigenvalue weighted by molar-refractivity contribution is 7.89. The van der Waals surface area contributed by atoms with Crippen molar-refractivity contribution in [3.05, 3.63) is 23.8 Å². The van der Waals surface area contributed by atoms with E-state index in [9.17, 15) is 13.5 Å². The first-order valence-electron chi connectivity index (χ1n) is 7.14. The van der Waals surface area contributed by atoms with Crippen LogP contribution in [-0.2, 0) is 21.2 Å². The largest absolute Gasteiger partial charge is 0.394 e. The number of fused-ring (bicyclic) bond motifs is 1. The lowest BCUT2D eigenvalue weighted by molar-refractivity contribution is -0.0750. The molecule has 0 amide bonds. The zero-order valence-electron chi connectivity index (χ0n) is 11.9. The Hall–Kier alpha value is -1.15. The summed E-state index contributed by atoms with van der Waals surface area (Å²) in [5.41, 5.74) is 2.05. The SMILES string of the molecule is CC1CN(S(=O)(=O)c2ccc3c(c2)CCN3)CC(CO)O1. The van der Waals surface area contributed by atoms with Crippen molar-refractivity contribution in [1.29, 1.82) is 0 Å². The van der Waals surface area contributed by atoms with Crippen molar-refractivity contribution < 1.29 is 18.3 Å². The van der Waals surface area contributed by atoms with Gasteiger partial charge in [0, 0.05) is 25.3 Å². The fourth-order valence-corrected chi connectivity index (χ4v) is 4.49. The number of hydrogen-bond acceptors (Lipinski definition) is 5. The van der Waals surface area contributed by atoms with Crippen LogP contribution >= 0.6 is 0 Å². The number of aliphatic hydroxyl groups excluding tert-OH is 1. The topological polar surface area (TPSA) is 78.9 Å². The van der Waals surface area contributed by atoms with Crippen molar-refractivity contribution in [3.8, 4) is 0 Å². The normalized spacial score (nSPS) is 26.4. The van der Waals surface area contributed by atoms with Crippen molar-refractivity contribution in [2.45, 2.75) is 30.4 Å². The average Bonchev–Trinajstić information content (AvgIpc) is 2.93. The molecule has 1 aromatic carbocycles. The van der Waals surface area contributed by atoms with Gasteiger partial charge in [0.25, 0.3) is 0 Å². The first-order chi connectivity index (χ1) is 10.0. The van der Waals surface area contributed by atoms with E-state index in [4.69, 9.17) is 4.74 Å². The molecule has 2 atom stereocenters. The molecule has 21 heavy (non-hydrogen) atoms. The predicted molar refractivity (Wildman–Crippen MR) is 78.8 cm³/mol. The van der Waals surface area contributed by atoms with E-state index in [2.05, 4.69) is 5.32 Å². The average molecular weight is 312 g/mol. The molecule has 2 N–H and O–H groups in total. The van der Waals surface area contributed by atoms with Gasteiger partial charge in [-0.3, -0.25) is 0 Å². The lowest BCUT2D eigenvalue weighted by atomic mass is 10.2. The van der Waals surface area contributed by atoms with Crippen molar-refractivity contribution in [2.24, 2.45) is 0 Å². The second-order valence-corrected chi connectivity index (χ2v) is 7.51. The van der Waals surface area contributed by atoms with Gasteiger partial charge >= 0.3 is 0 Å².